The normalized spacial score (nSPS) is 29.9. The molecule has 0 radical (unpaired) electrons. The van der Waals surface area contributed by atoms with Gasteiger partial charge in [0.2, 0.25) is 5.91 Å². The van der Waals surface area contributed by atoms with Gasteiger partial charge in [-0.25, -0.2) is 0 Å². The lowest BCUT2D eigenvalue weighted by molar-refractivity contribution is -0.127. The maximum absolute atomic E-state index is 11.7. The van der Waals surface area contributed by atoms with Gasteiger partial charge in [-0.2, -0.15) is 0 Å². The van der Waals surface area contributed by atoms with Crippen LogP contribution in [0.2, 0.25) is 0 Å². The second-order valence-corrected chi connectivity index (χ2v) is 4.86. The molecule has 2 atom stereocenters. The van der Waals surface area contributed by atoms with E-state index in [4.69, 9.17) is 10.5 Å². The Morgan fingerprint density at radius 3 is 2.80 bits per heavy atom. The predicted octanol–water partition coefficient (Wildman–Crippen LogP) is 0.799. The number of rotatable bonds is 4. The van der Waals surface area contributed by atoms with Crippen molar-refractivity contribution in [2.45, 2.75) is 51.2 Å². The van der Waals surface area contributed by atoms with Gasteiger partial charge in [0.1, 0.15) is 0 Å². The van der Waals surface area contributed by atoms with E-state index in [1.807, 2.05) is 13.8 Å². The number of nitrogens with two attached hydrogens (primary N) is 1. The van der Waals surface area contributed by atoms with Crippen LogP contribution in [-0.2, 0) is 9.53 Å². The first-order chi connectivity index (χ1) is 6.90. The van der Waals surface area contributed by atoms with Crippen LogP contribution < -0.4 is 11.1 Å². The molecule has 1 saturated heterocycles. The molecule has 88 valence electrons. The van der Waals surface area contributed by atoms with Gasteiger partial charge < -0.3 is 15.8 Å². The van der Waals surface area contributed by atoms with E-state index in [1.165, 1.54) is 0 Å². The molecular weight excluding hydrogens is 192 g/mol. The standard InChI is InChI=1S/C11H22N2O2/c1-4-11(3,12)9(14)13-8-10(2)6-5-7-15-10/h4-8,12H2,1-3H3,(H,13,14). The van der Waals surface area contributed by atoms with Gasteiger partial charge in [-0.1, -0.05) is 6.92 Å². The lowest BCUT2D eigenvalue weighted by Crippen LogP contribution is -2.54. The predicted molar refractivity (Wildman–Crippen MR) is 59.5 cm³/mol. The van der Waals surface area contributed by atoms with Crippen LogP contribution in [-0.4, -0.2) is 30.2 Å². The molecule has 3 N–H and O–H groups in total. The third kappa shape index (κ3) is 3.18. The average molecular weight is 214 g/mol. The molecule has 0 saturated carbocycles. The fourth-order valence-electron chi connectivity index (χ4n) is 1.61. The molecule has 0 aromatic carbocycles. The van der Waals surface area contributed by atoms with Crippen LogP contribution in [0.15, 0.2) is 0 Å². The van der Waals surface area contributed by atoms with Crippen molar-refractivity contribution in [1.82, 2.24) is 5.32 Å². The molecule has 0 aliphatic carbocycles. The Kier molecular flexibility index (Phi) is 3.73. The summed E-state index contributed by atoms with van der Waals surface area (Å²) < 4.78 is 5.58. The number of hydrogen-bond acceptors (Lipinski definition) is 3. The van der Waals surface area contributed by atoms with E-state index in [-0.39, 0.29) is 11.5 Å². The largest absolute Gasteiger partial charge is 0.373 e. The summed E-state index contributed by atoms with van der Waals surface area (Å²) in [5.74, 6) is -0.0956. The lowest BCUT2D eigenvalue weighted by atomic mass is 9.98. The molecule has 1 heterocycles. The van der Waals surface area contributed by atoms with Gasteiger partial charge in [-0.05, 0) is 33.1 Å². The van der Waals surface area contributed by atoms with Crippen molar-refractivity contribution >= 4 is 5.91 Å². The second-order valence-electron chi connectivity index (χ2n) is 4.86. The van der Waals surface area contributed by atoms with Crippen LogP contribution in [0, 0.1) is 0 Å². The highest BCUT2D eigenvalue weighted by Gasteiger charge is 2.32. The fraction of sp³-hybridized carbons (Fsp3) is 0.909. The average Bonchev–Trinajstić information content (AvgIpc) is 2.62. The first-order valence-electron chi connectivity index (χ1n) is 5.61. The Morgan fingerprint density at radius 2 is 2.33 bits per heavy atom. The van der Waals surface area contributed by atoms with E-state index in [0.717, 1.165) is 19.4 Å². The Morgan fingerprint density at radius 1 is 1.67 bits per heavy atom. The Labute approximate surface area is 91.5 Å². The van der Waals surface area contributed by atoms with Crippen molar-refractivity contribution in [2.24, 2.45) is 5.73 Å². The quantitative estimate of drug-likeness (QED) is 0.727. The van der Waals surface area contributed by atoms with Gasteiger partial charge in [-0.15, -0.1) is 0 Å². The number of amides is 1. The minimum absolute atomic E-state index is 0.0956. The molecule has 1 fully saturated rings. The van der Waals surface area contributed by atoms with E-state index in [0.29, 0.717) is 13.0 Å². The third-order valence-corrected chi connectivity index (χ3v) is 3.18. The molecule has 1 aliphatic heterocycles. The molecule has 0 spiro atoms. The molecule has 1 aliphatic rings. The molecule has 0 aromatic heterocycles. The van der Waals surface area contributed by atoms with Crippen molar-refractivity contribution in [2.75, 3.05) is 13.2 Å². The summed E-state index contributed by atoms with van der Waals surface area (Å²) in [7, 11) is 0. The monoisotopic (exact) mass is 214 g/mol. The zero-order chi connectivity index (χ0) is 11.5. The van der Waals surface area contributed by atoms with Gasteiger partial charge >= 0.3 is 0 Å². The van der Waals surface area contributed by atoms with Crippen LogP contribution in [0.25, 0.3) is 0 Å². The molecular formula is C11H22N2O2. The van der Waals surface area contributed by atoms with Crippen LogP contribution in [0.1, 0.15) is 40.0 Å². The molecule has 0 bridgehead atoms. The molecule has 1 rings (SSSR count). The summed E-state index contributed by atoms with van der Waals surface area (Å²) in [4.78, 5) is 11.7. The third-order valence-electron chi connectivity index (χ3n) is 3.18. The van der Waals surface area contributed by atoms with Crippen molar-refractivity contribution in [1.29, 1.82) is 0 Å². The maximum atomic E-state index is 11.7. The van der Waals surface area contributed by atoms with E-state index >= 15 is 0 Å². The first-order valence-corrected chi connectivity index (χ1v) is 5.61. The minimum Gasteiger partial charge on any atom is -0.373 e. The smallest absolute Gasteiger partial charge is 0.239 e. The van der Waals surface area contributed by atoms with Crippen molar-refractivity contribution in [3.8, 4) is 0 Å². The van der Waals surface area contributed by atoms with Crippen LogP contribution >= 0.6 is 0 Å². The second kappa shape index (κ2) is 4.49. The summed E-state index contributed by atoms with van der Waals surface area (Å²) in [6, 6.07) is 0. The molecule has 4 nitrogen and oxygen atoms in total. The highest BCUT2D eigenvalue weighted by molar-refractivity contribution is 5.85. The van der Waals surface area contributed by atoms with Crippen LogP contribution in [0.3, 0.4) is 0 Å². The molecule has 4 heteroatoms. The summed E-state index contributed by atoms with van der Waals surface area (Å²) in [6.07, 6.45) is 2.71. The number of carbonyl (C=O) groups excluding carboxylic acids is 1. The summed E-state index contributed by atoms with van der Waals surface area (Å²) in [6.45, 7) is 7.03. The maximum Gasteiger partial charge on any atom is 0.239 e. The Balaban J connectivity index is 2.40. The number of carbonyl (C=O) groups is 1. The minimum atomic E-state index is -0.769. The Hall–Kier alpha value is -0.610. The molecule has 0 aromatic rings. The van der Waals surface area contributed by atoms with Crippen molar-refractivity contribution in [3.05, 3.63) is 0 Å². The van der Waals surface area contributed by atoms with E-state index in [1.54, 1.807) is 6.92 Å². The fourth-order valence-corrected chi connectivity index (χ4v) is 1.61. The van der Waals surface area contributed by atoms with E-state index in [2.05, 4.69) is 5.32 Å². The highest BCUT2D eigenvalue weighted by atomic mass is 16.5. The van der Waals surface area contributed by atoms with Crippen LogP contribution in [0.4, 0.5) is 0 Å². The first kappa shape index (κ1) is 12.5. The zero-order valence-electron chi connectivity index (χ0n) is 9.93. The van der Waals surface area contributed by atoms with Crippen molar-refractivity contribution < 1.29 is 9.53 Å². The van der Waals surface area contributed by atoms with Gasteiger partial charge in [0.25, 0.3) is 0 Å². The number of ether oxygens (including phenoxy) is 1. The molecule has 1 amide bonds. The van der Waals surface area contributed by atoms with Gasteiger partial charge in [0.15, 0.2) is 0 Å². The Bertz CT molecular complexity index is 233. The SMILES string of the molecule is CCC(C)(N)C(=O)NCC1(C)CCCO1. The lowest BCUT2D eigenvalue weighted by Gasteiger charge is -2.27. The summed E-state index contributed by atoms with van der Waals surface area (Å²) >= 11 is 0. The van der Waals surface area contributed by atoms with Gasteiger partial charge in [0, 0.05) is 13.2 Å². The summed E-state index contributed by atoms with van der Waals surface area (Å²) in [5.41, 5.74) is 4.87. The number of hydrogen-bond donors (Lipinski definition) is 2. The molecule has 15 heavy (non-hydrogen) atoms. The van der Waals surface area contributed by atoms with Crippen molar-refractivity contribution in [3.63, 3.8) is 0 Å². The zero-order valence-corrected chi connectivity index (χ0v) is 9.93. The van der Waals surface area contributed by atoms with Crippen LogP contribution in [0.5, 0.6) is 0 Å². The number of nitrogens with one attached hydrogen (secondary N) is 1. The molecule has 2 unspecified atom stereocenters. The summed E-state index contributed by atoms with van der Waals surface area (Å²) in [5, 5.41) is 2.87. The topological polar surface area (TPSA) is 64.4 Å². The van der Waals surface area contributed by atoms with Gasteiger partial charge in [-0.3, -0.25) is 4.79 Å². The van der Waals surface area contributed by atoms with E-state index in [9.17, 15) is 4.79 Å². The highest BCUT2D eigenvalue weighted by Crippen LogP contribution is 2.24. The van der Waals surface area contributed by atoms with E-state index < -0.39 is 5.54 Å². The van der Waals surface area contributed by atoms with Gasteiger partial charge in [0.05, 0.1) is 11.1 Å².